The van der Waals surface area contributed by atoms with E-state index >= 15 is 0 Å². The van der Waals surface area contributed by atoms with Crippen molar-refractivity contribution in [2.75, 3.05) is 19.6 Å². The Hall–Kier alpha value is -1.84. The third kappa shape index (κ3) is 3.90. The fourth-order valence-electron chi connectivity index (χ4n) is 4.13. The smallest absolute Gasteiger partial charge is 0.246 e. The molecule has 2 N–H and O–H groups in total. The summed E-state index contributed by atoms with van der Waals surface area (Å²) in [5, 5.41) is 13.2. The average Bonchev–Trinajstić information content (AvgIpc) is 3.00. The standard InChI is InChI=1S/C20H21Cl2N3O4S/c21-15-10-16(22)19(27)17(11-15)30(28,29)25-8-6-20(7-9-25)23-18(26)13-24(20)12-14-4-2-1-3-5-14/h1-5,10-11,27H,6-9,12-13H2,(H,23,26). The highest BCUT2D eigenvalue weighted by Crippen LogP contribution is 2.38. The number of hydrogen-bond donors (Lipinski definition) is 2. The van der Waals surface area contributed by atoms with Gasteiger partial charge < -0.3 is 10.4 Å². The van der Waals surface area contributed by atoms with Gasteiger partial charge in [-0.3, -0.25) is 9.69 Å². The molecule has 1 spiro atoms. The van der Waals surface area contributed by atoms with Crippen molar-refractivity contribution in [2.24, 2.45) is 0 Å². The Morgan fingerprint density at radius 3 is 2.43 bits per heavy atom. The number of phenolic OH excluding ortho intramolecular Hbond substituents is 1. The highest BCUT2D eigenvalue weighted by atomic mass is 35.5. The van der Waals surface area contributed by atoms with Crippen LogP contribution in [-0.2, 0) is 21.4 Å². The highest BCUT2D eigenvalue weighted by molar-refractivity contribution is 7.89. The van der Waals surface area contributed by atoms with Gasteiger partial charge in [-0.2, -0.15) is 4.31 Å². The molecule has 2 aromatic rings. The van der Waals surface area contributed by atoms with E-state index in [2.05, 4.69) is 10.2 Å². The summed E-state index contributed by atoms with van der Waals surface area (Å²) >= 11 is 11.8. The predicted octanol–water partition coefficient (Wildman–Crippen LogP) is 2.81. The van der Waals surface area contributed by atoms with Crippen LogP contribution in [0, 0.1) is 0 Å². The molecule has 0 unspecified atom stereocenters. The fraction of sp³-hybridized carbons (Fsp3) is 0.350. The van der Waals surface area contributed by atoms with Gasteiger partial charge in [0.15, 0.2) is 5.75 Å². The third-order valence-corrected chi connectivity index (χ3v) is 8.11. The quantitative estimate of drug-likeness (QED) is 0.718. The third-order valence-electron chi connectivity index (χ3n) is 5.69. The van der Waals surface area contributed by atoms with E-state index in [1.807, 2.05) is 30.3 Å². The number of amides is 1. The summed E-state index contributed by atoms with van der Waals surface area (Å²) in [4.78, 5) is 13.9. The van der Waals surface area contributed by atoms with E-state index < -0.39 is 21.4 Å². The summed E-state index contributed by atoms with van der Waals surface area (Å²) < 4.78 is 27.5. The molecule has 160 valence electrons. The molecule has 30 heavy (non-hydrogen) atoms. The van der Waals surface area contributed by atoms with Gasteiger partial charge in [-0.25, -0.2) is 8.42 Å². The van der Waals surface area contributed by atoms with Crippen LogP contribution in [-0.4, -0.2) is 53.9 Å². The van der Waals surface area contributed by atoms with Gasteiger partial charge in [0.2, 0.25) is 15.9 Å². The van der Waals surface area contributed by atoms with E-state index in [0.29, 0.717) is 19.4 Å². The van der Waals surface area contributed by atoms with Crippen LogP contribution in [0.1, 0.15) is 18.4 Å². The lowest BCUT2D eigenvalue weighted by molar-refractivity contribution is -0.119. The first-order valence-electron chi connectivity index (χ1n) is 9.49. The van der Waals surface area contributed by atoms with E-state index in [0.717, 1.165) is 5.56 Å². The number of aromatic hydroxyl groups is 1. The maximum absolute atomic E-state index is 13.1. The second-order valence-corrected chi connectivity index (χ2v) is 10.3. The minimum absolute atomic E-state index is 0.0681. The van der Waals surface area contributed by atoms with Gasteiger partial charge in [0.1, 0.15) is 4.90 Å². The Balaban J connectivity index is 1.54. The van der Waals surface area contributed by atoms with Gasteiger partial charge in [0, 0.05) is 24.7 Å². The molecular weight excluding hydrogens is 449 g/mol. The monoisotopic (exact) mass is 469 g/mol. The van der Waals surface area contributed by atoms with Crippen molar-refractivity contribution in [3.05, 3.63) is 58.1 Å². The number of nitrogens with one attached hydrogen (secondary N) is 1. The van der Waals surface area contributed by atoms with Crippen molar-refractivity contribution < 1.29 is 18.3 Å². The topological polar surface area (TPSA) is 90.0 Å². The van der Waals surface area contributed by atoms with Crippen molar-refractivity contribution in [2.45, 2.75) is 29.9 Å². The van der Waals surface area contributed by atoms with Crippen molar-refractivity contribution in [1.82, 2.24) is 14.5 Å². The number of halogens is 2. The Morgan fingerprint density at radius 1 is 1.10 bits per heavy atom. The number of hydrogen-bond acceptors (Lipinski definition) is 5. The van der Waals surface area contributed by atoms with Crippen molar-refractivity contribution in [3.8, 4) is 5.75 Å². The first kappa shape index (κ1) is 21.4. The summed E-state index contributed by atoms with van der Waals surface area (Å²) in [6.07, 6.45) is 0.861. The van der Waals surface area contributed by atoms with E-state index in [4.69, 9.17) is 23.2 Å². The van der Waals surface area contributed by atoms with E-state index in [9.17, 15) is 18.3 Å². The lowest BCUT2D eigenvalue weighted by Crippen LogP contribution is -2.58. The SMILES string of the molecule is O=C1CN(Cc2ccccc2)C2(CCN(S(=O)(=O)c3cc(Cl)cc(Cl)c3O)CC2)N1. The zero-order valence-electron chi connectivity index (χ0n) is 16.0. The molecule has 2 aliphatic rings. The lowest BCUT2D eigenvalue weighted by Gasteiger charge is -2.43. The molecule has 0 atom stereocenters. The van der Waals surface area contributed by atoms with Crippen LogP contribution < -0.4 is 5.32 Å². The normalized spacial score (nSPS) is 19.9. The second kappa shape index (κ2) is 8.01. The Kier molecular flexibility index (Phi) is 5.71. The lowest BCUT2D eigenvalue weighted by atomic mass is 9.97. The van der Waals surface area contributed by atoms with Crippen LogP contribution in [0.2, 0.25) is 10.0 Å². The molecule has 0 aliphatic carbocycles. The molecule has 2 aromatic carbocycles. The molecule has 0 aromatic heterocycles. The molecular formula is C20H21Cl2N3O4S. The van der Waals surface area contributed by atoms with Gasteiger partial charge in [-0.05, 0) is 30.5 Å². The predicted molar refractivity (Wildman–Crippen MR) is 114 cm³/mol. The first-order chi connectivity index (χ1) is 14.2. The van der Waals surface area contributed by atoms with Crippen molar-refractivity contribution >= 4 is 39.1 Å². The number of rotatable bonds is 4. The highest BCUT2D eigenvalue weighted by Gasteiger charge is 2.48. The van der Waals surface area contributed by atoms with Crippen LogP contribution in [0.4, 0.5) is 0 Å². The van der Waals surface area contributed by atoms with Gasteiger partial charge in [-0.15, -0.1) is 0 Å². The molecule has 1 amide bonds. The minimum Gasteiger partial charge on any atom is -0.505 e. The largest absolute Gasteiger partial charge is 0.505 e. The Morgan fingerprint density at radius 2 is 1.77 bits per heavy atom. The van der Waals surface area contributed by atoms with Crippen molar-refractivity contribution in [3.63, 3.8) is 0 Å². The summed E-state index contributed by atoms with van der Waals surface area (Å²) in [7, 11) is -3.99. The summed E-state index contributed by atoms with van der Waals surface area (Å²) in [6, 6.07) is 12.3. The first-order valence-corrected chi connectivity index (χ1v) is 11.7. The van der Waals surface area contributed by atoms with E-state index in [-0.39, 0.29) is 40.5 Å². The summed E-state index contributed by atoms with van der Waals surface area (Å²) in [5.74, 6) is -0.581. The average molecular weight is 470 g/mol. The minimum atomic E-state index is -3.99. The molecule has 10 heteroatoms. The number of phenols is 1. The van der Waals surface area contributed by atoms with E-state index in [1.165, 1.54) is 16.4 Å². The molecule has 0 bridgehead atoms. The number of benzene rings is 2. The molecule has 2 fully saturated rings. The summed E-state index contributed by atoms with van der Waals surface area (Å²) in [5.41, 5.74) is 0.495. The Bertz CT molecular complexity index is 1070. The maximum Gasteiger partial charge on any atom is 0.246 e. The van der Waals surface area contributed by atoms with Crippen LogP contribution in [0.3, 0.4) is 0 Å². The number of nitrogens with zero attached hydrogens (tertiary/aromatic N) is 2. The molecule has 2 aliphatic heterocycles. The van der Waals surface area contributed by atoms with Gasteiger partial charge >= 0.3 is 0 Å². The van der Waals surface area contributed by atoms with E-state index in [1.54, 1.807) is 0 Å². The molecule has 7 nitrogen and oxygen atoms in total. The van der Waals surface area contributed by atoms with Crippen LogP contribution >= 0.6 is 23.2 Å². The number of sulfonamides is 1. The van der Waals surface area contributed by atoms with Crippen LogP contribution in [0.25, 0.3) is 0 Å². The fourth-order valence-corrected chi connectivity index (χ4v) is 6.32. The molecule has 4 rings (SSSR count). The molecule has 2 saturated heterocycles. The Labute approximate surface area is 185 Å². The maximum atomic E-state index is 13.1. The number of carbonyl (C=O) groups is 1. The molecule has 0 radical (unpaired) electrons. The zero-order chi connectivity index (χ0) is 21.5. The molecule has 0 saturated carbocycles. The van der Waals surface area contributed by atoms with Crippen LogP contribution in [0.5, 0.6) is 5.75 Å². The van der Waals surface area contributed by atoms with Crippen molar-refractivity contribution in [1.29, 1.82) is 0 Å². The van der Waals surface area contributed by atoms with Gasteiger partial charge in [0.25, 0.3) is 0 Å². The van der Waals surface area contributed by atoms with Gasteiger partial charge in [0.05, 0.1) is 17.2 Å². The van der Waals surface area contributed by atoms with Crippen LogP contribution in [0.15, 0.2) is 47.4 Å². The molecule has 2 heterocycles. The second-order valence-electron chi connectivity index (χ2n) is 7.56. The zero-order valence-corrected chi connectivity index (χ0v) is 18.3. The number of piperidine rings is 1. The summed E-state index contributed by atoms with van der Waals surface area (Å²) in [6.45, 7) is 1.25. The van der Waals surface area contributed by atoms with Gasteiger partial charge in [-0.1, -0.05) is 53.5 Å². The number of carbonyl (C=O) groups excluding carboxylic acids is 1.